The van der Waals surface area contributed by atoms with Gasteiger partial charge < -0.3 is 11.1 Å². The maximum Gasteiger partial charge on any atom is 0.224 e. The lowest BCUT2D eigenvalue weighted by molar-refractivity contribution is -0.121. The number of rotatable bonds is 4. The summed E-state index contributed by atoms with van der Waals surface area (Å²) in [7, 11) is 0. The molecule has 3 N–H and O–H groups in total. The fourth-order valence-corrected chi connectivity index (χ4v) is 2.12. The van der Waals surface area contributed by atoms with Gasteiger partial charge in [-0.2, -0.15) is 11.3 Å². The van der Waals surface area contributed by atoms with Crippen LogP contribution in [0.2, 0.25) is 0 Å². The second kappa shape index (κ2) is 5.46. The molecule has 0 bridgehead atoms. The quantitative estimate of drug-likeness (QED) is 0.843. The van der Waals surface area contributed by atoms with Crippen molar-refractivity contribution >= 4 is 17.2 Å². The van der Waals surface area contributed by atoms with Gasteiger partial charge in [-0.1, -0.05) is 20.8 Å². The van der Waals surface area contributed by atoms with E-state index in [1.165, 1.54) is 0 Å². The molecule has 0 aliphatic heterocycles. The van der Waals surface area contributed by atoms with E-state index in [4.69, 9.17) is 5.73 Å². The summed E-state index contributed by atoms with van der Waals surface area (Å²) in [6.45, 7) is 6.71. The summed E-state index contributed by atoms with van der Waals surface area (Å²) < 4.78 is 0. The topological polar surface area (TPSA) is 55.1 Å². The standard InChI is InChI=1S/C12H20N2OS/c1-12(2,3)10(7-13)14-11(15)6-9-4-5-16-8-9/h4-5,8,10H,6-7,13H2,1-3H3,(H,14,15). The Morgan fingerprint density at radius 1 is 1.56 bits per heavy atom. The molecule has 1 amide bonds. The Balaban J connectivity index is 2.50. The van der Waals surface area contributed by atoms with Crippen LogP contribution >= 0.6 is 11.3 Å². The molecular formula is C12H20N2OS. The Hall–Kier alpha value is -0.870. The van der Waals surface area contributed by atoms with E-state index in [2.05, 4.69) is 26.1 Å². The molecule has 1 unspecified atom stereocenters. The van der Waals surface area contributed by atoms with Gasteiger partial charge in [-0.3, -0.25) is 4.79 Å². The molecule has 1 aromatic rings. The van der Waals surface area contributed by atoms with Gasteiger partial charge in [-0.05, 0) is 27.8 Å². The van der Waals surface area contributed by atoms with Crippen molar-refractivity contribution < 1.29 is 4.79 Å². The number of nitrogens with one attached hydrogen (secondary N) is 1. The van der Waals surface area contributed by atoms with Gasteiger partial charge in [0.15, 0.2) is 0 Å². The van der Waals surface area contributed by atoms with Crippen LogP contribution in [0.15, 0.2) is 16.8 Å². The maximum atomic E-state index is 11.8. The first-order valence-corrected chi connectivity index (χ1v) is 6.38. The van der Waals surface area contributed by atoms with Crippen molar-refractivity contribution in [3.8, 4) is 0 Å². The van der Waals surface area contributed by atoms with E-state index in [9.17, 15) is 4.79 Å². The van der Waals surface area contributed by atoms with Crippen molar-refractivity contribution in [2.45, 2.75) is 33.2 Å². The van der Waals surface area contributed by atoms with Crippen LogP contribution in [0.1, 0.15) is 26.3 Å². The van der Waals surface area contributed by atoms with Crippen LogP contribution in [0.3, 0.4) is 0 Å². The second-order valence-electron chi connectivity index (χ2n) is 5.03. The molecule has 16 heavy (non-hydrogen) atoms. The molecule has 1 atom stereocenters. The average Bonchev–Trinajstić information content (AvgIpc) is 2.64. The van der Waals surface area contributed by atoms with Crippen molar-refractivity contribution in [3.05, 3.63) is 22.4 Å². The lowest BCUT2D eigenvalue weighted by Crippen LogP contribution is -2.48. The van der Waals surface area contributed by atoms with Crippen molar-refractivity contribution in [3.63, 3.8) is 0 Å². The Morgan fingerprint density at radius 2 is 2.25 bits per heavy atom. The van der Waals surface area contributed by atoms with Crippen molar-refractivity contribution in [1.29, 1.82) is 0 Å². The van der Waals surface area contributed by atoms with Crippen molar-refractivity contribution in [2.75, 3.05) is 6.54 Å². The van der Waals surface area contributed by atoms with Crippen LogP contribution in [0.4, 0.5) is 0 Å². The van der Waals surface area contributed by atoms with E-state index in [-0.39, 0.29) is 17.4 Å². The molecular weight excluding hydrogens is 220 g/mol. The highest BCUT2D eigenvalue weighted by molar-refractivity contribution is 7.07. The van der Waals surface area contributed by atoms with Crippen LogP contribution in [0.5, 0.6) is 0 Å². The molecule has 4 heteroatoms. The van der Waals surface area contributed by atoms with Gasteiger partial charge in [-0.15, -0.1) is 0 Å². The molecule has 1 heterocycles. The van der Waals surface area contributed by atoms with Gasteiger partial charge >= 0.3 is 0 Å². The summed E-state index contributed by atoms with van der Waals surface area (Å²) in [6, 6.07) is 2.00. The van der Waals surface area contributed by atoms with Crippen LogP contribution in [0.25, 0.3) is 0 Å². The Bertz CT molecular complexity index is 327. The van der Waals surface area contributed by atoms with Crippen molar-refractivity contribution in [2.24, 2.45) is 11.1 Å². The lowest BCUT2D eigenvalue weighted by atomic mass is 9.86. The zero-order valence-corrected chi connectivity index (χ0v) is 10.9. The van der Waals surface area contributed by atoms with E-state index >= 15 is 0 Å². The van der Waals surface area contributed by atoms with Gasteiger partial charge in [0.25, 0.3) is 0 Å². The highest BCUT2D eigenvalue weighted by Crippen LogP contribution is 2.18. The third kappa shape index (κ3) is 3.94. The number of hydrogen-bond donors (Lipinski definition) is 2. The number of amides is 1. The summed E-state index contributed by atoms with van der Waals surface area (Å²) in [5, 5.41) is 6.96. The van der Waals surface area contributed by atoms with Crippen LogP contribution < -0.4 is 11.1 Å². The normalized spacial score (nSPS) is 13.5. The minimum absolute atomic E-state index is 0.000936. The molecule has 0 spiro atoms. The molecule has 0 saturated heterocycles. The molecule has 0 aliphatic rings. The van der Waals surface area contributed by atoms with Gasteiger partial charge in [0.1, 0.15) is 0 Å². The fraction of sp³-hybridized carbons (Fsp3) is 0.583. The molecule has 0 radical (unpaired) electrons. The molecule has 0 aromatic carbocycles. The fourth-order valence-electron chi connectivity index (χ4n) is 1.45. The molecule has 90 valence electrons. The monoisotopic (exact) mass is 240 g/mol. The lowest BCUT2D eigenvalue weighted by Gasteiger charge is -2.30. The number of carbonyl (C=O) groups excluding carboxylic acids is 1. The van der Waals surface area contributed by atoms with Crippen LogP contribution in [-0.2, 0) is 11.2 Å². The smallest absolute Gasteiger partial charge is 0.224 e. The van der Waals surface area contributed by atoms with Crippen LogP contribution in [-0.4, -0.2) is 18.5 Å². The average molecular weight is 240 g/mol. The van der Waals surface area contributed by atoms with Gasteiger partial charge in [0, 0.05) is 12.6 Å². The Kier molecular flexibility index (Phi) is 4.50. The third-order valence-electron chi connectivity index (χ3n) is 2.56. The zero-order valence-electron chi connectivity index (χ0n) is 10.1. The van der Waals surface area contributed by atoms with Gasteiger partial charge in [-0.25, -0.2) is 0 Å². The highest BCUT2D eigenvalue weighted by Gasteiger charge is 2.24. The summed E-state index contributed by atoms with van der Waals surface area (Å²) >= 11 is 1.61. The first kappa shape index (κ1) is 13.2. The van der Waals surface area contributed by atoms with Gasteiger partial charge in [0.2, 0.25) is 5.91 Å². The van der Waals surface area contributed by atoms with Crippen LogP contribution in [0, 0.1) is 5.41 Å². The molecule has 0 aliphatic carbocycles. The SMILES string of the molecule is CC(C)(C)C(CN)NC(=O)Cc1ccsc1. The Labute approximate surface area is 101 Å². The van der Waals surface area contributed by atoms with E-state index in [0.29, 0.717) is 13.0 Å². The molecule has 0 saturated carbocycles. The second-order valence-corrected chi connectivity index (χ2v) is 5.81. The predicted octanol–water partition coefficient (Wildman–Crippen LogP) is 1.78. The molecule has 3 nitrogen and oxygen atoms in total. The minimum Gasteiger partial charge on any atom is -0.351 e. The molecule has 0 fully saturated rings. The van der Waals surface area contributed by atoms with Crippen molar-refractivity contribution in [1.82, 2.24) is 5.32 Å². The van der Waals surface area contributed by atoms with E-state index in [0.717, 1.165) is 5.56 Å². The van der Waals surface area contributed by atoms with E-state index in [1.54, 1.807) is 11.3 Å². The molecule has 1 rings (SSSR count). The highest BCUT2D eigenvalue weighted by atomic mass is 32.1. The summed E-state index contributed by atoms with van der Waals surface area (Å²) in [4.78, 5) is 11.8. The Morgan fingerprint density at radius 3 is 2.69 bits per heavy atom. The number of carbonyl (C=O) groups is 1. The largest absolute Gasteiger partial charge is 0.351 e. The number of nitrogens with two attached hydrogens (primary N) is 1. The first-order valence-electron chi connectivity index (χ1n) is 5.44. The predicted molar refractivity (Wildman–Crippen MR) is 68.5 cm³/mol. The number of thiophene rings is 1. The third-order valence-corrected chi connectivity index (χ3v) is 3.29. The van der Waals surface area contributed by atoms with E-state index in [1.807, 2.05) is 16.8 Å². The first-order chi connectivity index (χ1) is 7.43. The van der Waals surface area contributed by atoms with Gasteiger partial charge in [0.05, 0.1) is 6.42 Å². The minimum atomic E-state index is -0.000936. The van der Waals surface area contributed by atoms with E-state index < -0.39 is 0 Å². The summed E-state index contributed by atoms with van der Waals surface area (Å²) in [5.41, 5.74) is 6.73. The number of hydrogen-bond acceptors (Lipinski definition) is 3. The summed E-state index contributed by atoms with van der Waals surface area (Å²) in [5.74, 6) is 0.0452. The maximum absolute atomic E-state index is 11.8. The zero-order chi connectivity index (χ0) is 12.2. The molecule has 1 aromatic heterocycles. The summed E-state index contributed by atoms with van der Waals surface area (Å²) in [6.07, 6.45) is 0.441.